The minimum absolute atomic E-state index is 0.0957. The van der Waals surface area contributed by atoms with E-state index in [1.165, 1.54) is 13.0 Å². The van der Waals surface area contributed by atoms with Crippen LogP contribution in [-0.4, -0.2) is 39.3 Å². The van der Waals surface area contributed by atoms with E-state index in [2.05, 4.69) is 26.4 Å². The molecule has 1 aromatic rings. The zero-order valence-electron chi connectivity index (χ0n) is 14.3. The van der Waals surface area contributed by atoms with Crippen molar-refractivity contribution in [1.29, 1.82) is 0 Å². The molecule has 0 spiro atoms. The Morgan fingerprint density at radius 2 is 2.15 bits per heavy atom. The molecule has 7 nitrogen and oxygen atoms in total. The first-order chi connectivity index (χ1) is 12.4. The van der Waals surface area contributed by atoms with Gasteiger partial charge in [0.05, 0.1) is 29.4 Å². The fraction of sp³-hybridized carbons (Fsp3) is 0.333. The van der Waals surface area contributed by atoms with Crippen LogP contribution in [-0.2, 0) is 9.53 Å². The zero-order chi connectivity index (χ0) is 18.8. The molecule has 0 radical (unpaired) electrons. The Hall–Kier alpha value is -2.32. The van der Waals surface area contributed by atoms with Crippen molar-refractivity contribution in [2.24, 2.45) is 0 Å². The van der Waals surface area contributed by atoms with Gasteiger partial charge < -0.3 is 19.5 Å². The van der Waals surface area contributed by atoms with E-state index in [0.717, 1.165) is 11.3 Å². The Bertz CT molecular complexity index is 850. The summed E-state index contributed by atoms with van der Waals surface area (Å²) < 4.78 is 10.6. The summed E-state index contributed by atoms with van der Waals surface area (Å²) in [5, 5.41) is 26.8. The number of allylic oxidation sites excluding steroid dienone is 5. The summed E-state index contributed by atoms with van der Waals surface area (Å²) in [5.74, 6) is 0.696. The van der Waals surface area contributed by atoms with Crippen LogP contribution in [0.3, 0.4) is 0 Å². The van der Waals surface area contributed by atoms with Crippen LogP contribution in [0.25, 0.3) is 11.1 Å². The number of aromatic nitrogens is 1. The van der Waals surface area contributed by atoms with Crippen molar-refractivity contribution in [1.82, 2.24) is 5.16 Å². The van der Waals surface area contributed by atoms with Crippen molar-refractivity contribution < 1.29 is 24.3 Å². The van der Waals surface area contributed by atoms with E-state index in [1.807, 2.05) is 12.2 Å². The normalized spacial score (nSPS) is 22.8. The maximum absolute atomic E-state index is 11.5. The number of aliphatic hydroxyl groups excluding tert-OH is 2. The molecule has 3 rings (SSSR count). The molecule has 1 aromatic heterocycles. The number of carbonyl (C=O) groups excluding carboxylic acids is 1. The number of nitrogens with zero attached hydrogens (tertiary/aromatic N) is 1. The van der Waals surface area contributed by atoms with Gasteiger partial charge in [0.2, 0.25) is 11.8 Å². The molecular weight excluding hydrogens is 404 g/mol. The summed E-state index contributed by atoms with van der Waals surface area (Å²) in [6.45, 7) is 1.38. The number of hydrogen-bond acceptors (Lipinski definition) is 6. The minimum Gasteiger partial charge on any atom is -0.507 e. The summed E-state index contributed by atoms with van der Waals surface area (Å²) in [5.41, 5.74) is 2.33. The Morgan fingerprint density at radius 1 is 1.38 bits per heavy atom. The SMILES string of the molecule is COC1=CC=C(c2c(C3=CC(Br)C(O)C=C3O)noc2NC(C)=O)CC1. The molecule has 2 aliphatic carbocycles. The van der Waals surface area contributed by atoms with Gasteiger partial charge >= 0.3 is 0 Å². The van der Waals surface area contributed by atoms with Crippen LogP contribution < -0.4 is 5.32 Å². The first kappa shape index (κ1) is 18.5. The fourth-order valence-electron chi connectivity index (χ4n) is 2.90. The molecule has 0 aromatic carbocycles. The van der Waals surface area contributed by atoms with E-state index in [1.54, 1.807) is 13.2 Å². The number of alkyl halides is 1. The van der Waals surface area contributed by atoms with Gasteiger partial charge in [0.15, 0.2) is 0 Å². The van der Waals surface area contributed by atoms with Crippen LogP contribution in [0.4, 0.5) is 5.88 Å². The van der Waals surface area contributed by atoms with Crippen LogP contribution in [0.5, 0.6) is 0 Å². The van der Waals surface area contributed by atoms with Crippen molar-refractivity contribution in [3.63, 3.8) is 0 Å². The summed E-state index contributed by atoms with van der Waals surface area (Å²) in [4.78, 5) is 11.2. The van der Waals surface area contributed by atoms with E-state index in [0.29, 0.717) is 29.7 Å². The second kappa shape index (κ2) is 7.51. The number of halogens is 1. The van der Waals surface area contributed by atoms with Crippen molar-refractivity contribution >= 4 is 38.9 Å². The smallest absolute Gasteiger partial charge is 0.239 e. The number of amides is 1. The molecule has 1 heterocycles. The Labute approximate surface area is 158 Å². The van der Waals surface area contributed by atoms with Crippen molar-refractivity contribution in [2.45, 2.75) is 30.7 Å². The maximum Gasteiger partial charge on any atom is 0.239 e. The summed E-state index contributed by atoms with van der Waals surface area (Å²) in [7, 11) is 1.62. The van der Waals surface area contributed by atoms with Gasteiger partial charge in [-0.25, -0.2) is 0 Å². The van der Waals surface area contributed by atoms with Crippen molar-refractivity contribution in [2.75, 3.05) is 12.4 Å². The van der Waals surface area contributed by atoms with E-state index in [9.17, 15) is 15.0 Å². The number of aliphatic hydroxyl groups is 2. The predicted molar refractivity (Wildman–Crippen MR) is 101 cm³/mol. The molecule has 0 fully saturated rings. The van der Waals surface area contributed by atoms with Gasteiger partial charge in [-0.3, -0.25) is 10.1 Å². The van der Waals surface area contributed by atoms with E-state index >= 15 is 0 Å². The van der Waals surface area contributed by atoms with Crippen LogP contribution in [0.1, 0.15) is 31.0 Å². The van der Waals surface area contributed by atoms with Gasteiger partial charge in [0.1, 0.15) is 11.5 Å². The van der Waals surface area contributed by atoms with E-state index < -0.39 is 6.10 Å². The van der Waals surface area contributed by atoms with Crippen LogP contribution in [0.2, 0.25) is 0 Å². The average Bonchev–Trinajstić information content (AvgIpc) is 3.00. The second-order valence-electron chi connectivity index (χ2n) is 6.01. The third-order valence-electron chi connectivity index (χ3n) is 4.19. The van der Waals surface area contributed by atoms with Crippen LogP contribution in [0.15, 0.2) is 40.3 Å². The van der Waals surface area contributed by atoms with E-state index in [4.69, 9.17) is 9.26 Å². The Morgan fingerprint density at radius 3 is 2.77 bits per heavy atom. The monoisotopic (exact) mass is 422 g/mol. The number of hydrogen-bond donors (Lipinski definition) is 3. The number of anilines is 1. The molecule has 0 bridgehead atoms. The van der Waals surface area contributed by atoms with Crippen LogP contribution in [0, 0.1) is 0 Å². The van der Waals surface area contributed by atoms with E-state index in [-0.39, 0.29) is 22.4 Å². The third-order valence-corrected chi connectivity index (χ3v) is 4.99. The highest BCUT2D eigenvalue weighted by molar-refractivity contribution is 9.09. The number of ether oxygens (including phenoxy) is 1. The Balaban J connectivity index is 2.10. The zero-order valence-corrected chi connectivity index (χ0v) is 15.9. The molecule has 0 saturated carbocycles. The molecule has 1 amide bonds. The molecule has 8 heteroatoms. The van der Waals surface area contributed by atoms with Crippen molar-refractivity contribution in [3.8, 4) is 0 Å². The summed E-state index contributed by atoms with van der Waals surface area (Å²) in [6, 6.07) is 0. The molecular formula is C18H19BrN2O5. The second-order valence-corrected chi connectivity index (χ2v) is 7.07. The highest BCUT2D eigenvalue weighted by Gasteiger charge is 2.29. The highest BCUT2D eigenvalue weighted by Crippen LogP contribution is 2.40. The van der Waals surface area contributed by atoms with Gasteiger partial charge in [0, 0.05) is 18.9 Å². The largest absolute Gasteiger partial charge is 0.507 e. The Kier molecular flexibility index (Phi) is 5.33. The summed E-state index contributed by atoms with van der Waals surface area (Å²) in [6.07, 6.45) is 7.27. The molecule has 26 heavy (non-hydrogen) atoms. The molecule has 2 unspecified atom stereocenters. The number of rotatable bonds is 4. The third kappa shape index (κ3) is 3.61. The van der Waals surface area contributed by atoms with Crippen LogP contribution >= 0.6 is 15.9 Å². The lowest BCUT2D eigenvalue weighted by atomic mass is 9.91. The summed E-state index contributed by atoms with van der Waals surface area (Å²) >= 11 is 3.35. The molecule has 0 aliphatic heterocycles. The van der Waals surface area contributed by atoms with Gasteiger partial charge in [0.25, 0.3) is 0 Å². The van der Waals surface area contributed by atoms with Gasteiger partial charge in [-0.2, -0.15) is 0 Å². The lowest BCUT2D eigenvalue weighted by Gasteiger charge is -2.20. The molecule has 138 valence electrons. The average molecular weight is 423 g/mol. The van der Waals surface area contributed by atoms with Crippen molar-refractivity contribution in [3.05, 3.63) is 47.1 Å². The molecule has 2 atom stereocenters. The lowest BCUT2D eigenvalue weighted by Crippen LogP contribution is -2.21. The molecule has 3 N–H and O–H groups in total. The maximum atomic E-state index is 11.5. The lowest BCUT2D eigenvalue weighted by molar-refractivity contribution is -0.114. The van der Waals surface area contributed by atoms with Gasteiger partial charge in [-0.15, -0.1) is 0 Å². The fourth-order valence-corrected chi connectivity index (χ4v) is 3.32. The topological polar surface area (TPSA) is 105 Å². The molecule has 0 saturated heterocycles. The van der Waals surface area contributed by atoms with Gasteiger partial charge in [-0.1, -0.05) is 33.2 Å². The van der Waals surface area contributed by atoms with Gasteiger partial charge in [-0.05, 0) is 24.1 Å². The minimum atomic E-state index is -0.843. The molecule has 2 aliphatic rings. The standard InChI is InChI=1S/C18H19BrN2O5/c1-9(22)20-18-16(10-3-5-11(25-2)6-4-10)17(21-26-18)12-7-13(19)15(24)8-14(12)23/h3,5,7-8,13,15,23-24H,4,6H2,1-2H3,(H,20,22). The quantitative estimate of drug-likeness (QED) is 0.642. The number of methoxy groups -OCH3 is 1. The highest BCUT2D eigenvalue weighted by atomic mass is 79.9. The first-order valence-electron chi connectivity index (χ1n) is 8.07. The predicted octanol–water partition coefficient (Wildman–Crippen LogP) is 3.30. The first-order valence-corrected chi connectivity index (χ1v) is 8.99. The number of nitrogens with one attached hydrogen (secondary N) is 1. The number of carbonyl (C=O) groups is 1.